The average molecular weight is 219 g/mol. The van der Waals surface area contributed by atoms with Crippen LogP contribution in [0.5, 0.6) is 0 Å². The van der Waals surface area contributed by atoms with Crippen molar-refractivity contribution in [3.63, 3.8) is 0 Å². The summed E-state index contributed by atoms with van der Waals surface area (Å²) in [4.78, 5) is 0. The van der Waals surface area contributed by atoms with E-state index in [2.05, 4.69) is 15.4 Å². The van der Waals surface area contributed by atoms with Gasteiger partial charge in [0.05, 0.1) is 6.61 Å². The number of nitrogens with two attached hydrogens (primary N) is 1. The Hall–Kier alpha value is -0.690. The van der Waals surface area contributed by atoms with Crippen molar-refractivity contribution in [2.45, 2.75) is 6.61 Å². The van der Waals surface area contributed by atoms with Crippen LogP contribution in [0.3, 0.4) is 0 Å². The lowest BCUT2D eigenvalue weighted by atomic mass is 10.2. The molecule has 0 saturated heterocycles. The van der Waals surface area contributed by atoms with Crippen LogP contribution in [0, 0.1) is 0 Å². The van der Waals surface area contributed by atoms with Gasteiger partial charge >= 0.3 is 0 Å². The molecule has 0 aliphatic heterocycles. The second-order valence-electron chi connectivity index (χ2n) is 2.43. The molecule has 0 saturated carbocycles. The molecule has 3 N–H and O–H groups in total. The molecule has 1 aromatic rings. The fourth-order valence-electron chi connectivity index (χ4n) is 0.825. The minimum Gasteiger partial charge on any atom is -0.399 e. The monoisotopic (exact) mass is 219 g/mol. The molecule has 0 aliphatic rings. The molecule has 13 heavy (non-hydrogen) atoms. The Morgan fingerprint density at radius 1 is 1.62 bits per heavy atom. The van der Waals surface area contributed by atoms with Gasteiger partial charge in [0, 0.05) is 16.9 Å². The molecular formula is C7H9NO3S2. The topological polar surface area (TPSA) is 72.5 Å². The van der Waals surface area contributed by atoms with Crippen molar-refractivity contribution in [2.75, 3.05) is 5.73 Å². The predicted molar refractivity (Wildman–Crippen MR) is 53.8 cm³/mol. The van der Waals surface area contributed by atoms with Crippen LogP contribution in [-0.2, 0) is 31.0 Å². The van der Waals surface area contributed by atoms with Crippen LogP contribution in [-0.4, -0.2) is 8.76 Å². The van der Waals surface area contributed by atoms with Crippen LogP contribution < -0.4 is 5.73 Å². The van der Waals surface area contributed by atoms with Crippen LogP contribution in [0.15, 0.2) is 24.3 Å². The summed E-state index contributed by atoms with van der Waals surface area (Å²) in [5, 5.41) is 0. The van der Waals surface area contributed by atoms with E-state index in [9.17, 15) is 4.21 Å². The molecule has 0 heterocycles. The summed E-state index contributed by atoms with van der Waals surface area (Å²) in [6.45, 7) is -0.0100. The zero-order chi connectivity index (χ0) is 9.90. The Balaban J connectivity index is 2.65. The van der Waals surface area contributed by atoms with Gasteiger partial charge in [0.25, 0.3) is 9.05 Å². The first kappa shape index (κ1) is 10.4. The molecule has 1 unspecified atom stereocenters. The van der Waals surface area contributed by atoms with Crippen molar-refractivity contribution in [2.24, 2.45) is 0 Å². The van der Waals surface area contributed by atoms with Crippen LogP contribution >= 0.6 is 0 Å². The molecule has 1 aromatic carbocycles. The van der Waals surface area contributed by atoms with Gasteiger partial charge in [-0.2, -0.15) is 4.21 Å². The first-order chi connectivity index (χ1) is 5.97. The van der Waals surface area contributed by atoms with E-state index in [1.807, 2.05) is 0 Å². The summed E-state index contributed by atoms with van der Waals surface area (Å²) < 4.78 is 23.7. The van der Waals surface area contributed by atoms with Crippen molar-refractivity contribution in [3.8, 4) is 0 Å². The van der Waals surface area contributed by atoms with E-state index in [4.69, 9.17) is 10.3 Å². The molecule has 0 aliphatic carbocycles. The van der Waals surface area contributed by atoms with Crippen molar-refractivity contribution in [1.29, 1.82) is 0 Å². The summed E-state index contributed by atoms with van der Waals surface area (Å²) in [5.74, 6) is 0. The van der Waals surface area contributed by atoms with Crippen LogP contribution in [0.25, 0.3) is 0 Å². The third-order valence-corrected chi connectivity index (χ3v) is 2.03. The minimum absolute atomic E-state index is 0.0100. The lowest BCUT2D eigenvalue weighted by Gasteiger charge is -2.02. The van der Waals surface area contributed by atoms with Gasteiger partial charge < -0.3 is 5.73 Å². The summed E-state index contributed by atoms with van der Waals surface area (Å²) in [6, 6.07) is 6.83. The van der Waals surface area contributed by atoms with Crippen molar-refractivity contribution in [1.82, 2.24) is 0 Å². The zero-order valence-electron chi connectivity index (χ0n) is 6.67. The molecule has 1 rings (SSSR count). The number of anilines is 1. The lowest BCUT2D eigenvalue weighted by Crippen LogP contribution is -2.02. The molecule has 0 spiro atoms. The average Bonchev–Trinajstić information content (AvgIpc) is 2.00. The molecule has 0 fully saturated rings. The van der Waals surface area contributed by atoms with Gasteiger partial charge in [0.15, 0.2) is 0 Å². The molecule has 0 bridgehead atoms. The quantitative estimate of drug-likeness (QED) is 0.740. The maximum absolute atomic E-state index is 10.6. The van der Waals surface area contributed by atoms with Gasteiger partial charge in [-0.15, -0.1) is 0 Å². The Bertz CT molecular complexity index is 388. The maximum Gasteiger partial charge on any atom is 0.266 e. The Morgan fingerprint density at radius 2 is 2.31 bits per heavy atom. The number of nitrogen functional groups attached to an aromatic ring is 1. The highest BCUT2D eigenvalue weighted by Crippen LogP contribution is 2.08. The maximum atomic E-state index is 10.6. The highest BCUT2D eigenvalue weighted by atomic mass is 32.9. The van der Waals surface area contributed by atoms with Gasteiger partial charge in [-0.3, -0.25) is 8.74 Å². The van der Waals surface area contributed by atoms with E-state index in [0.29, 0.717) is 11.3 Å². The van der Waals surface area contributed by atoms with Crippen molar-refractivity contribution in [3.05, 3.63) is 29.8 Å². The lowest BCUT2D eigenvalue weighted by molar-refractivity contribution is 0.295. The Morgan fingerprint density at radius 3 is 2.85 bits per heavy atom. The number of benzene rings is 1. The van der Waals surface area contributed by atoms with Gasteiger partial charge in [-0.25, -0.2) is 0 Å². The second-order valence-corrected chi connectivity index (χ2v) is 4.79. The smallest absolute Gasteiger partial charge is 0.266 e. The molecule has 72 valence electrons. The third-order valence-electron chi connectivity index (χ3n) is 1.33. The van der Waals surface area contributed by atoms with E-state index in [-0.39, 0.29) is 6.61 Å². The van der Waals surface area contributed by atoms with E-state index < -0.39 is 9.05 Å². The standard InChI is InChI=1S/C7H9NO3S2/c8-7-3-1-2-6(4-7)5-11-13(9,10)12/h1-4H,5,8H2,(H,9,10,12). The molecule has 0 aromatic heterocycles. The van der Waals surface area contributed by atoms with E-state index in [1.165, 1.54) is 0 Å². The minimum atomic E-state index is -3.54. The molecular weight excluding hydrogens is 210 g/mol. The summed E-state index contributed by atoms with van der Waals surface area (Å²) in [5.41, 5.74) is 6.78. The normalized spacial score (nSPS) is 15.2. The molecule has 0 radical (unpaired) electrons. The van der Waals surface area contributed by atoms with Crippen LogP contribution in [0.4, 0.5) is 5.69 Å². The Kier molecular flexibility index (Phi) is 3.21. The van der Waals surface area contributed by atoms with Crippen molar-refractivity contribution < 1.29 is 12.9 Å². The van der Waals surface area contributed by atoms with Gasteiger partial charge in [-0.05, 0) is 17.7 Å². The SMILES string of the molecule is Nc1cccc(COS(=O)(O)=S)c1. The van der Waals surface area contributed by atoms with E-state index in [0.717, 1.165) is 0 Å². The fourth-order valence-corrected chi connectivity index (χ4v) is 1.25. The van der Waals surface area contributed by atoms with Crippen LogP contribution in [0.2, 0.25) is 0 Å². The first-order valence-corrected chi connectivity index (χ1v) is 5.80. The fraction of sp³-hybridized carbons (Fsp3) is 0.143. The van der Waals surface area contributed by atoms with E-state index >= 15 is 0 Å². The third kappa shape index (κ3) is 4.18. The highest BCUT2D eigenvalue weighted by Gasteiger charge is 2.00. The summed E-state index contributed by atoms with van der Waals surface area (Å²) in [7, 11) is -3.54. The number of hydrogen-bond donors (Lipinski definition) is 2. The largest absolute Gasteiger partial charge is 0.399 e. The van der Waals surface area contributed by atoms with Gasteiger partial charge in [0.2, 0.25) is 0 Å². The van der Waals surface area contributed by atoms with E-state index in [1.54, 1.807) is 24.3 Å². The van der Waals surface area contributed by atoms with Crippen LogP contribution in [0.1, 0.15) is 5.56 Å². The predicted octanol–water partition coefficient (Wildman–Crippen LogP) is 0.920. The van der Waals surface area contributed by atoms with Gasteiger partial charge in [0.1, 0.15) is 0 Å². The number of hydrogen-bond acceptors (Lipinski definition) is 4. The second kappa shape index (κ2) is 4.01. The molecule has 6 heteroatoms. The summed E-state index contributed by atoms with van der Waals surface area (Å²) in [6.07, 6.45) is 0. The number of rotatable bonds is 3. The Labute approximate surface area is 81.4 Å². The molecule has 1 atom stereocenters. The van der Waals surface area contributed by atoms with Crippen molar-refractivity contribution >= 4 is 25.9 Å². The van der Waals surface area contributed by atoms with Gasteiger partial charge in [-0.1, -0.05) is 12.1 Å². The summed E-state index contributed by atoms with van der Waals surface area (Å²) >= 11 is 4.15. The first-order valence-electron chi connectivity index (χ1n) is 3.43. The molecule has 4 nitrogen and oxygen atoms in total. The molecule has 0 amide bonds. The zero-order valence-corrected chi connectivity index (χ0v) is 8.31. The highest BCUT2D eigenvalue weighted by molar-refractivity contribution is 8.27.